The highest BCUT2D eigenvalue weighted by Gasteiger charge is 2.35. The lowest BCUT2D eigenvalue weighted by molar-refractivity contribution is 0.143. The molecule has 0 aromatic heterocycles. The summed E-state index contributed by atoms with van der Waals surface area (Å²) in [6.07, 6.45) is 2.33. The lowest BCUT2D eigenvalue weighted by Crippen LogP contribution is -2.23. The number of fused-ring (bicyclic) bond motifs is 2. The van der Waals surface area contributed by atoms with Crippen LogP contribution in [0.3, 0.4) is 0 Å². The molecular formula is C9H16N2O. The van der Waals surface area contributed by atoms with Gasteiger partial charge < -0.3 is 4.84 Å². The van der Waals surface area contributed by atoms with Crippen molar-refractivity contribution in [1.29, 1.82) is 0 Å². The summed E-state index contributed by atoms with van der Waals surface area (Å²) < 4.78 is 0. The first kappa shape index (κ1) is 8.05. The van der Waals surface area contributed by atoms with Crippen molar-refractivity contribution in [2.75, 3.05) is 26.2 Å². The molecule has 0 amide bonds. The minimum atomic E-state index is 0.710. The average Bonchev–Trinajstić information content (AvgIpc) is 2.65. The Bertz CT molecular complexity index is 191. The second-order valence-corrected chi connectivity index (χ2v) is 3.64. The van der Waals surface area contributed by atoms with Crippen LogP contribution in [0.2, 0.25) is 0 Å². The molecule has 2 aliphatic heterocycles. The Hall–Kier alpha value is -0.570. The summed E-state index contributed by atoms with van der Waals surface area (Å²) in [6.45, 7) is 6.39. The van der Waals surface area contributed by atoms with E-state index < -0.39 is 0 Å². The van der Waals surface area contributed by atoms with Crippen molar-refractivity contribution in [2.24, 2.45) is 11.1 Å². The van der Waals surface area contributed by atoms with E-state index in [0.29, 0.717) is 5.92 Å². The molecule has 68 valence electrons. The van der Waals surface area contributed by atoms with Crippen LogP contribution >= 0.6 is 0 Å². The fourth-order valence-corrected chi connectivity index (χ4v) is 1.93. The van der Waals surface area contributed by atoms with Crippen LogP contribution in [-0.2, 0) is 4.84 Å². The Morgan fingerprint density at radius 2 is 2.58 bits per heavy atom. The first-order valence-electron chi connectivity index (χ1n) is 4.81. The van der Waals surface area contributed by atoms with Crippen molar-refractivity contribution in [3.63, 3.8) is 0 Å². The van der Waals surface area contributed by atoms with Gasteiger partial charge in [0.15, 0.2) is 0 Å². The average molecular weight is 168 g/mol. The third kappa shape index (κ3) is 1.46. The maximum atomic E-state index is 5.18. The van der Waals surface area contributed by atoms with Gasteiger partial charge in [-0.1, -0.05) is 12.1 Å². The molecule has 2 heterocycles. The Labute approximate surface area is 73.4 Å². The molecule has 3 heteroatoms. The van der Waals surface area contributed by atoms with Gasteiger partial charge in [0.2, 0.25) is 0 Å². The van der Waals surface area contributed by atoms with Crippen molar-refractivity contribution >= 4 is 5.71 Å². The van der Waals surface area contributed by atoms with Crippen LogP contribution in [-0.4, -0.2) is 36.9 Å². The molecule has 2 atom stereocenters. The van der Waals surface area contributed by atoms with E-state index in [4.69, 9.17) is 4.84 Å². The Balaban J connectivity index is 1.85. The summed E-state index contributed by atoms with van der Waals surface area (Å²) in [5.41, 5.74) is 1.27. The van der Waals surface area contributed by atoms with E-state index in [2.05, 4.69) is 17.0 Å². The van der Waals surface area contributed by atoms with Crippen LogP contribution in [0.5, 0.6) is 0 Å². The number of rotatable bonds is 3. The van der Waals surface area contributed by atoms with Gasteiger partial charge in [-0.15, -0.1) is 0 Å². The van der Waals surface area contributed by atoms with Gasteiger partial charge in [0.05, 0.1) is 5.71 Å². The Morgan fingerprint density at radius 3 is 3.17 bits per heavy atom. The van der Waals surface area contributed by atoms with Gasteiger partial charge in [-0.05, 0) is 19.4 Å². The Kier molecular flexibility index (Phi) is 2.30. The normalized spacial score (nSPS) is 36.2. The van der Waals surface area contributed by atoms with E-state index in [-0.39, 0.29) is 0 Å². The summed E-state index contributed by atoms with van der Waals surface area (Å²) in [6, 6.07) is 0. The van der Waals surface area contributed by atoms with Crippen molar-refractivity contribution in [2.45, 2.75) is 19.8 Å². The number of piperidine rings is 1. The van der Waals surface area contributed by atoms with Crippen LogP contribution in [0, 0.1) is 5.92 Å². The van der Waals surface area contributed by atoms with Gasteiger partial charge in [-0.2, -0.15) is 0 Å². The molecule has 2 saturated heterocycles. The molecule has 2 bridgehead atoms. The van der Waals surface area contributed by atoms with Crippen molar-refractivity contribution in [3.8, 4) is 0 Å². The monoisotopic (exact) mass is 168 g/mol. The van der Waals surface area contributed by atoms with Crippen LogP contribution < -0.4 is 0 Å². The maximum Gasteiger partial charge on any atom is 0.116 e. The molecular weight excluding hydrogens is 152 g/mol. The van der Waals surface area contributed by atoms with Gasteiger partial charge in [0.1, 0.15) is 6.61 Å². The molecule has 0 aliphatic carbocycles. The minimum absolute atomic E-state index is 0.710. The third-order valence-corrected chi connectivity index (χ3v) is 2.61. The minimum Gasteiger partial charge on any atom is -0.396 e. The quantitative estimate of drug-likeness (QED) is 0.465. The highest BCUT2D eigenvalue weighted by molar-refractivity contribution is 5.91. The molecule has 0 spiro atoms. The molecule has 2 aliphatic rings. The number of hydrogen-bond donors (Lipinski definition) is 0. The standard InChI is InChI=1S/C9H16N2O/c1-2-5-12-10-9-7-11-4-3-8(9)6-11/h8H,2-7H2,1H3/b10-9+. The van der Waals surface area contributed by atoms with Crippen LogP contribution in [0.4, 0.5) is 0 Å². The predicted octanol–water partition coefficient (Wildman–Crippen LogP) is 1.10. The number of nitrogens with zero attached hydrogens (tertiary/aromatic N) is 2. The SMILES string of the molecule is CCCO/N=C1\CN2CCC1C2. The molecule has 0 N–H and O–H groups in total. The maximum absolute atomic E-state index is 5.18. The molecule has 0 saturated carbocycles. The second-order valence-electron chi connectivity index (χ2n) is 3.64. The molecule has 12 heavy (non-hydrogen) atoms. The number of hydrogen-bond acceptors (Lipinski definition) is 3. The largest absolute Gasteiger partial charge is 0.396 e. The summed E-state index contributed by atoms with van der Waals surface area (Å²) in [4.78, 5) is 7.62. The molecule has 2 fully saturated rings. The third-order valence-electron chi connectivity index (χ3n) is 2.61. The lowest BCUT2D eigenvalue weighted by atomic mass is 10.0. The first-order valence-corrected chi connectivity index (χ1v) is 4.81. The number of oxime groups is 1. The molecule has 0 aromatic carbocycles. The van der Waals surface area contributed by atoms with E-state index in [1.165, 1.54) is 25.2 Å². The van der Waals surface area contributed by atoms with Gasteiger partial charge in [0.25, 0.3) is 0 Å². The van der Waals surface area contributed by atoms with E-state index in [0.717, 1.165) is 19.6 Å². The molecule has 0 radical (unpaired) electrons. The zero-order valence-corrected chi connectivity index (χ0v) is 7.62. The predicted molar refractivity (Wildman–Crippen MR) is 48.2 cm³/mol. The first-order chi connectivity index (χ1) is 5.90. The molecule has 0 aromatic rings. The van der Waals surface area contributed by atoms with Gasteiger partial charge >= 0.3 is 0 Å². The highest BCUT2D eigenvalue weighted by Crippen LogP contribution is 2.25. The Morgan fingerprint density at radius 1 is 1.67 bits per heavy atom. The fraction of sp³-hybridized carbons (Fsp3) is 0.889. The van der Waals surface area contributed by atoms with E-state index in [1.54, 1.807) is 0 Å². The van der Waals surface area contributed by atoms with Crippen LogP contribution in [0.25, 0.3) is 0 Å². The molecule has 2 unspecified atom stereocenters. The van der Waals surface area contributed by atoms with Gasteiger partial charge in [0, 0.05) is 19.0 Å². The summed E-state index contributed by atoms with van der Waals surface area (Å²) in [5.74, 6) is 0.710. The topological polar surface area (TPSA) is 24.8 Å². The van der Waals surface area contributed by atoms with Crippen molar-refractivity contribution < 1.29 is 4.84 Å². The summed E-state index contributed by atoms with van der Waals surface area (Å²) >= 11 is 0. The van der Waals surface area contributed by atoms with Crippen molar-refractivity contribution in [1.82, 2.24) is 4.90 Å². The summed E-state index contributed by atoms with van der Waals surface area (Å²) in [7, 11) is 0. The fourth-order valence-electron chi connectivity index (χ4n) is 1.93. The highest BCUT2D eigenvalue weighted by atomic mass is 16.6. The van der Waals surface area contributed by atoms with E-state index >= 15 is 0 Å². The smallest absolute Gasteiger partial charge is 0.116 e. The van der Waals surface area contributed by atoms with Gasteiger partial charge in [-0.3, -0.25) is 4.90 Å². The van der Waals surface area contributed by atoms with Crippen LogP contribution in [0.15, 0.2) is 5.16 Å². The van der Waals surface area contributed by atoms with E-state index in [1.807, 2.05) is 0 Å². The molecule has 3 nitrogen and oxygen atoms in total. The summed E-state index contributed by atoms with van der Waals surface area (Å²) in [5, 5.41) is 4.17. The van der Waals surface area contributed by atoms with Crippen LogP contribution in [0.1, 0.15) is 19.8 Å². The van der Waals surface area contributed by atoms with Gasteiger partial charge in [-0.25, -0.2) is 0 Å². The zero-order chi connectivity index (χ0) is 8.39. The zero-order valence-electron chi connectivity index (χ0n) is 7.62. The molecule has 2 rings (SSSR count). The van der Waals surface area contributed by atoms with E-state index in [9.17, 15) is 0 Å². The second kappa shape index (κ2) is 3.44. The van der Waals surface area contributed by atoms with Crippen molar-refractivity contribution in [3.05, 3.63) is 0 Å². The lowest BCUT2D eigenvalue weighted by Gasteiger charge is -2.12.